The molecule has 1 unspecified atom stereocenters. The fourth-order valence-corrected chi connectivity index (χ4v) is 2.88. The average molecular weight is 468 g/mol. The third-order valence-electron chi connectivity index (χ3n) is 3.75. The molecule has 0 aliphatic carbocycles. The SMILES string of the molecule is CC(C)C(Nc1ccc(C(F)(F)F)cc1Cl)C(=O)Nc1ccc(Br)cc1F. The van der Waals surface area contributed by atoms with E-state index in [2.05, 4.69) is 26.6 Å². The van der Waals surface area contributed by atoms with Gasteiger partial charge in [-0.25, -0.2) is 4.39 Å². The van der Waals surface area contributed by atoms with Gasteiger partial charge in [0.2, 0.25) is 5.91 Å². The zero-order chi connectivity index (χ0) is 20.4. The normalized spacial score (nSPS) is 12.8. The molecule has 0 spiro atoms. The molecule has 27 heavy (non-hydrogen) atoms. The molecule has 2 aromatic rings. The highest BCUT2D eigenvalue weighted by molar-refractivity contribution is 9.10. The maximum Gasteiger partial charge on any atom is 0.416 e. The van der Waals surface area contributed by atoms with Crippen LogP contribution in [0.4, 0.5) is 28.9 Å². The van der Waals surface area contributed by atoms with Crippen molar-refractivity contribution in [3.63, 3.8) is 0 Å². The van der Waals surface area contributed by atoms with Gasteiger partial charge in [-0.2, -0.15) is 13.2 Å². The molecule has 0 saturated carbocycles. The first-order valence-electron chi connectivity index (χ1n) is 7.88. The van der Waals surface area contributed by atoms with Gasteiger partial charge in [0, 0.05) is 4.47 Å². The van der Waals surface area contributed by atoms with Gasteiger partial charge in [-0.1, -0.05) is 41.4 Å². The van der Waals surface area contributed by atoms with Gasteiger partial charge in [0.1, 0.15) is 11.9 Å². The van der Waals surface area contributed by atoms with Crippen molar-refractivity contribution < 1.29 is 22.4 Å². The number of carbonyl (C=O) groups excluding carboxylic acids is 1. The van der Waals surface area contributed by atoms with Crippen LogP contribution in [0.25, 0.3) is 0 Å². The summed E-state index contributed by atoms with van der Waals surface area (Å²) in [6, 6.07) is 6.16. The molecular formula is C18H16BrClF4N2O. The summed E-state index contributed by atoms with van der Waals surface area (Å²) in [5.41, 5.74) is -0.718. The average Bonchev–Trinajstić information content (AvgIpc) is 2.54. The molecule has 0 radical (unpaired) electrons. The molecule has 0 aromatic heterocycles. The van der Waals surface area contributed by atoms with Crippen molar-refractivity contribution in [3.8, 4) is 0 Å². The standard InChI is InChI=1S/C18H16BrClF4N2O/c1-9(2)16(17(27)26-15-6-4-11(19)8-13(15)21)25-14-5-3-10(7-12(14)20)18(22,23)24/h3-9,16,25H,1-2H3,(H,26,27). The molecule has 2 rings (SSSR count). The van der Waals surface area contributed by atoms with Crippen molar-refractivity contribution in [3.05, 3.63) is 57.3 Å². The fourth-order valence-electron chi connectivity index (χ4n) is 2.31. The number of hydrogen-bond donors (Lipinski definition) is 2. The lowest BCUT2D eigenvalue weighted by atomic mass is 10.0. The van der Waals surface area contributed by atoms with Crippen LogP contribution in [0.1, 0.15) is 19.4 Å². The van der Waals surface area contributed by atoms with Crippen molar-refractivity contribution in [1.29, 1.82) is 0 Å². The molecular weight excluding hydrogens is 452 g/mol. The molecule has 0 fully saturated rings. The summed E-state index contributed by atoms with van der Waals surface area (Å²) in [6.07, 6.45) is -4.52. The largest absolute Gasteiger partial charge is 0.416 e. The van der Waals surface area contributed by atoms with Crippen LogP contribution in [0, 0.1) is 11.7 Å². The van der Waals surface area contributed by atoms with E-state index < -0.39 is 29.5 Å². The maximum atomic E-state index is 13.9. The van der Waals surface area contributed by atoms with Crippen molar-refractivity contribution in [2.24, 2.45) is 5.92 Å². The van der Waals surface area contributed by atoms with Crippen molar-refractivity contribution in [2.75, 3.05) is 10.6 Å². The van der Waals surface area contributed by atoms with Gasteiger partial charge in [0.05, 0.1) is 22.0 Å². The fraction of sp³-hybridized carbons (Fsp3) is 0.278. The Morgan fingerprint density at radius 3 is 2.26 bits per heavy atom. The van der Waals surface area contributed by atoms with Gasteiger partial charge in [0.25, 0.3) is 0 Å². The summed E-state index contributed by atoms with van der Waals surface area (Å²) < 4.78 is 52.7. The Kier molecular flexibility index (Phi) is 6.75. The van der Waals surface area contributed by atoms with Crippen molar-refractivity contribution in [2.45, 2.75) is 26.1 Å². The summed E-state index contributed by atoms with van der Waals surface area (Å²) in [5.74, 6) is -1.41. The van der Waals surface area contributed by atoms with E-state index in [9.17, 15) is 22.4 Å². The number of amides is 1. The molecule has 2 N–H and O–H groups in total. The van der Waals surface area contributed by atoms with Crippen LogP contribution in [-0.2, 0) is 11.0 Å². The van der Waals surface area contributed by atoms with Gasteiger partial charge < -0.3 is 10.6 Å². The first kappa shape index (κ1) is 21.5. The Labute approximate surface area is 167 Å². The smallest absolute Gasteiger partial charge is 0.372 e. The highest BCUT2D eigenvalue weighted by atomic mass is 79.9. The molecule has 0 bridgehead atoms. The lowest BCUT2D eigenvalue weighted by Crippen LogP contribution is -2.39. The topological polar surface area (TPSA) is 41.1 Å². The second-order valence-corrected chi connectivity index (χ2v) is 7.49. The minimum absolute atomic E-state index is 0.00540. The number of halogens is 6. The minimum atomic E-state index is -4.52. The van der Waals surface area contributed by atoms with Crippen molar-refractivity contribution in [1.82, 2.24) is 0 Å². The summed E-state index contributed by atoms with van der Waals surface area (Å²) in [5, 5.41) is 5.14. The van der Waals surface area contributed by atoms with Crippen LogP contribution in [-0.4, -0.2) is 11.9 Å². The Hall–Kier alpha value is -1.80. The lowest BCUT2D eigenvalue weighted by molar-refractivity contribution is -0.137. The first-order valence-corrected chi connectivity index (χ1v) is 9.05. The number of nitrogens with one attached hydrogen (secondary N) is 2. The molecule has 0 saturated heterocycles. The summed E-state index contributed by atoms with van der Waals surface area (Å²) in [4.78, 5) is 12.6. The zero-order valence-electron chi connectivity index (χ0n) is 14.3. The molecule has 0 aliphatic heterocycles. The number of rotatable bonds is 5. The molecule has 0 heterocycles. The number of benzene rings is 2. The Morgan fingerprint density at radius 1 is 1.11 bits per heavy atom. The maximum absolute atomic E-state index is 13.9. The van der Waals surface area contributed by atoms with E-state index >= 15 is 0 Å². The monoisotopic (exact) mass is 466 g/mol. The van der Waals surface area contributed by atoms with Crippen LogP contribution < -0.4 is 10.6 Å². The Balaban J connectivity index is 2.21. The highest BCUT2D eigenvalue weighted by Crippen LogP contribution is 2.34. The van der Waals surface area contributed by atoms with E-state index in [0.29, 0.717) is 4.47 Å². The van der Waals surface area contributed by atoms with Gasteiger partial charge >= 0.3 is 6.18 Å². The van der Waals surface area contributed by atoms with E-state index in [1.165, 1.54) is 12.1 Å². The lowest BCUT2D eigenvalue weighted by Gasteiger charge is -2.24. The second-order valence-electron chi connectivity index (χ2n) is 6.17. The second kappa shape index (κ2) is 8.48. The molecule has 1 atom stereocenters. The van der Waals surface area contributed by atoms with Crippen LogP contribution in [0.3, 0.4) is 0 Å². The minimum Gasteiger partial charge on any atom is -0.372 e. The van der Waals surface area contributed by atoms with Crippen molar-refractivity contribution >= 4 is 44.8 Å². The Morgan fingerprint density at radius 2 is 1.74 bits per heavy atom. The summed E-state index contributed by atoms with van der Waals surface area (Å²) in [6.45, 7) is 3.49. The van der Waals surface area contributed by atoms with Crippen LogP contribution >= 0.6 is 27.5 Å². The van der Waals surface area contributed by atoms with E-state index in [1.807, 2.05) is 0 Å². The van der Waals surface area contributed by atoms with Crippen LogP contribution in [0.5, 0.6) is 0 Å². The van der Waals surface area contributed by atoms with Gasteiger partial charge in [-0.05, 0) is 42.3 Å². The first-order chi connectivity index (χ1) is 12.5. The summed E-state index contributed by atoms with van der Waals surface area (Å²) >= 11 is 9.06. The molecule has 1 amide bonds. The predicted molar refractivity (Wildman–Crippen MR) is 101 cm³/mol. The number of carbonyl (C=O) groups is 1. The van der Waals surface area contributed by atoms with E-state index in [-0.39, 0.29) is 22.3 Å². The van der Waals surface area contributed by atoms with Crippen LogP contribution in [0.2, 0.25) is 5.02 Å². The Bertz CT molecular complexity index is 843. The summed E-state index contributed by atoms with van der Waals surface area (Å²) in [7, 11) is 0. The zero-order valence-corrected chi connectivity index (χ0v) is 16.6. The third-order valence-corrected chi connectivity index (χ3v) is 4.55. The molecule has 146 valence electrons. The number of anilines is 2. The van der Waals surface area contributed by atoms with E-state index in [1.54, 1.807) is 19.9 Å². The van der Waals surface area contributed by atoms with Gasteiger partial charge in [-0.15, -0.1) is 0 Å². The van der Waals surface area contributed by atoms with Gasteiger partial charge in [0.15, 0.2) is 0 Å². The number of hydrogen-bond acceptors (Lipinski definition) is 2. The molecule has 9 heteroatoms. The van der Waals surface area contributed by atoms with Gasteiger partial charge in [-0.3, -0.25) is 4.79 Å². The van der Waals surface area contributed by atoms with Crippen LogP contribution in [0.15, 0.2) is 40.9 Å². The molecule has 0 aliphatic rings. The number of alkyl halides is 3. The predicted octanol–water partition coefficient (Wildman–Crippen LogP) is 6.34. The van der Waals surface area contributed by atoms with E-state index in [4.69, 9.17) is 11.6 Å². The quantitative estimate of drug-likeness (QED) is 0.504. The molecule has 2 aromatic carbocycles. The highest BCUT2D eigenvalue weighted by Gasteiger charge is 2.31. The third kappa shape index (κ3) is 5.59. The van der Waals surface area contributed by atoms with E-state index in [0.717, 1.165) is 18.2 Å². The molecule has 3 nitrogen and oxygen atoms in total.